The van der Waals surface area contributed by atoms with E-state index in [1.807, 2.05) is 0 Å². The molecule has 0 unspecified atom stereocenters. The van der Waals surface area contributed by atoms with Crippen LogP contribution in [0.15, 0.2) is 40.2 Å². The summed E-state index contributed by atoms with van der Waals surface area (Å²) in [5.41, 5.74) is -2.10. The molecular weight excluding hydrogens is 474 g/mol. The Balaban J connectivity index is 2.17. The topological polar surface area (TPSA) is 105 Å². The molecule has 8 nitrogen and oxygen atoms in total. The fourth-order valence-corrected chi connectivity index (χ4v) is 5.58. The summed E-state index contributed by atoms with van der Waals surface area (Å²) in [6.07, 6.45) is 1.35. The Morgan fingerprint density at radius 2 is 2.03 bits per heavy atom. The van der Waals surface area contributed by atoms with E-state index < -0.39 is 44.7 Å². The van der Waals surface area contributed by atoms with Crippen molar-refractivity contribution in [3.8, 4) is 17.3 Å². The van der Waals surface area contributed by atoms with E-state index in [-0.39, 0.29) is 22.6 Å². The van der Waals surface area contributed by atoms with E-state index in [0.29, 0.717) is 3.97 Å². The number of rotatable bonds is 5. The highest BCUT2D eigenvalue weighted by Crippen LogP contribution is 2.34. The Morgan fingerprint density at radius 3 is 2.64 bits per heavy atom. The molecule has 3 aromatic heterocycles. The van der Waals surface area contributed by atoms with Gasteiger partial charge in [0.15, 0.2) is 5.82 Å². The molecule has 0 saturated heterocycles. The van der Waals surface area contributed by atoms with Crippen molar-refractivity contribution in [3.63, 3.8) is 0 Å². The number of pyridine rings is 1. The quantitative estimate of drug-likeness (QED) is 0.488. The molecule has 0 spiro atoms. The lowest BCUT2D eigenvalue weighted by atomic mass is 10.1. The third-order valence-electron chi connectivity index (χ3n) is 4.39. The summed E-state index contributed by atoms with van der Waals surface area (Å²) in [4.78, 5) is 16.5. The molecule has 0 N–H and O–H groups in total. The monoisotopic (exact) mass is 494 g/mol. The highest BCUT2D eigenvalue weighted by Gasteiger charge is 2.31. The van der Waals surface area contributed by atoms with Crippen molar-refractivity contribution >= 4 is 27.5 Å². The zero-order valence-electron chi connectivity index (χ0n) is 18.2. The van der Waals surface area contributed by atoms with Gasteiger partial charge in [0.1, 0.15) is 22.3 Å². The van der Waals surface area contributed by atoms with Gasteiger partial charge in [-0.1, -0.05) is 0 Å². The van der Waals surface area contributed by atoms with Gasteiger partial charge in [0, 0.05) is 35.8 Å². The second-order valence-electron chi connectivity index (χ2n) is 8.06. The normalized spacial score (nSPS) is 11.8. The van der Waals surface area contributed by atoms with Crippen molar-refractivity contribution in [2.45, 2.75) is 37.8 Å². The first-order valence-corrected chi connectivity index (χ1v) is 11.9. The first-order valence-electron chi connectivity index (χ1n) is 9.53. The van der Waals surface area contributed by atoms with Crippen LogP contribution >= 0.6 is 11.3 Å². The fraction of sp³-hybridized carbons (Fsp3) is 0.286. The number of nitriles is 1. The molecule has 174 valence electrons. The zero-order valence-corrected chi connectivity index (χ0v) is 19.8. The molecule has 0 aliphatic rings. The molecule has 3 heterocycles. The Hall–Kier alpha value is -3.30. The van der Waals surface area contributed by atoms with Gasteiger partial charge in [-0.05, 0) is 32.9 Å². The molecule has 33 heavy (non-hydrogen) atoms. The van der Waals surface area contributed by atoms with Crippen LogP contribution in [0.4, 0.5) is 13.6 Å². The molecule has 0 radical (unpaired) electrons. The Bertz CT molecular complexity index is 1350. The van der Waals surface area contributed by atoms with Gasteiger partial charge in [0.05, 0.1) is 17.7 Å². The molecule has 0 atom stereocenters. The smallest absolute Gasteiger partial charge is 0.410 e. The molecule has 0 aliphatic heterocycles. The van der Waals surface area contributed by atoms with Crippen molar-refractivity contribution < 1.29 is 26.7 Å². The second kappa shape index (κ2) is 8.92. The van der Waals surface area contributed by atoms with E-state index >= 15 is 4.39 Å². The van der Waals surface area contributed by atoms with E-state index in [1.165, 1.54) is 29.9 Å². The maximum Gasteiger partial charge on any atom is 0.410 e. The number of aromatic nitrogens is 2. The van der Waals surface area contributed by atoms with Crippen LogP contribution in [0.3, 0.4) is 0 Å². The molecule has 0 aliphatic carbocycles. The van der Waals surface area contributed by atoms with E-state index in [9.17, 15) is 22.9 Å². The summed E-state index contributed by atoms with van der Waals surface area (Å²) in [6, 6.07) is 4.30. The van der Waals surface area contributed by atoms with Crippen LogP contribution in [-0.2, 0) is 21.3 Å². The van der Waals surface area contributed by atoms with Crippen LogP contribution in [0.5, 0.6) is 0 Å². The predicted octanol–water partition coefficient (Wildman–Crippen LogP) is 4.37. The Labute approximate surface area is 193 Å². The largest absolute Gasteiger partial charge is 0.444 e. The number of amides is 1. The van der Waals surface area contributed by atoms with Crippen molar-refractivity contribution in [1.29, 1.82) is 5.26 Å². The summed E-state index contributed by atoms with van der Waals surface area (Å²) in [5.74, 6) is -2.13. The molecule has 3 rings (SSSR count). The first kappa shape index (κ1) is 24.3. The fourth-order valence-electron chi connectivity index (χ4n) is 2.94. The van der Waals surface area contributed by atoms with E-state index in [2.05, 4.69) is 4.98 Å². The van der Waals surface area contributed by atoms with Crippen LogP contribution in [0.25, 0.3) is 11.3 Å². The second-order valence-corrected chi connectivity index (χ2v) is 10.6. The minimum atomic E-state index is -4.49. The molecule has 12 heteroatoms. The molecular formula is C21H20F2N4O4S2. The van der Waals surface area contributed by atoms with Crippen molar-refractivity contribution in [2.75, 3.05) is 7.05 Å². The molecule has 3 aromatic rings. The Kier molecular flexibility index (Phi) is 6.58. The average Bonchev–Trinajstić information content (AvgIpc) is 3.33. The van der Waals surface area contributed by atoms with Gasteiger partial charge in [0.25, 0.3) is 10.0 Å². The van der Waals surface area contributed by atoms with E-state index in [0.717, 1.165) is 28.6 Å². The maximum atomic E-state index is 15.6. The van der Waals surface area contributed by atoms with Gasteiger partial charge >= 0.3 is 6.09 Å². The number of halogens is 2. The summed E-state index contributed by atoms with van der Waals surface area (Å²) in [7, 11) is -3.13. The molecule has 0 bridgehead atoms. The zero-order chi connectivity index (χ0) is 24.6. The van der Waals surface area contributed by atoms with Gasteiger partial charge in [-0.25, -0.2) is 26.6 Å². The van der Waals surface area contributed by atoms with Crippen LogP contribution in [0, 0.1) is 23.1 Å². The standard InChI is InChI=1S/C21H20F2N4O4S2/c1-21(2,3)31-20(28)26(4)9-14-10-27(33(29,30)16-12-32-11-13(16)8-24)18(17(14)22)15-6-5-7-25-19(15)23/h5-7,10-12H,9H2,1-4H3. The average molecular weight is 495 g/mol. The third-order valence-corrected chi connectivity index (χ3v) is 6.99. The van der Waals surface area contributed by atoms with Gasteiger partial charge in [-0.15, -0.1) is 11.3 Å². The summed E-state index contributed by atoms with van der Waals surface area (Å²) in [6.45, 7) is 4.64. The van der Waals surface area contributed by atoms with Crippen LogP contribution in [-0.4, -0.2) is 41.0 Å². The lowest BCUT2D eigenvalue weighted by Crippen LogP contribution is -2.33. The van der Waals surface area contributed by atoms with Crippen molar-refractivity contribution in [2.24, 2.45) is 0 Å². The maximum absolute atomic E-state index is 15.6. The van der Waals surface area contributed by atoms with Gasteiger partial charge < -0.3 is 9.64 Å². The molecule has 0 saturated carbocycles. The third kappa shape index (κ3) is 4.89. The van der Waals surface area contributed by atoms with Crippen LogP contribution in [0.1, 0.15) is 31.9 Å². The predicted molar refractivity (Wildman–Crippen MR) is 117 cm³/mol. The summed E-state index contributed by atoms with van der Waals surface area (Å²) < 4.78 is 62.6. The number of hydrogen-bond donors (Lipinski definition) is 0. The van der Waals surface area contributed by atoms with Gasteiger partial charge in [-0.2, -0.15) is 9.65 Å². The SMILES string of the molecule is CN(Cc1cn(S(=O)(=O)c2cscc2C#N)c(-c2cccnc2F)c1F)C(=O)OC(C)(C)C. The number of nitrogens with zero attached hydrogens (tertiary/aromatic N) is 4. The lowest BCUT2D eigenvalue weighted by Gasteiger charge is -2.24. The number of carbonyl (C=O) groups excluding carboxylic acids is 1. The minimum Gasteiger partial charge on any atom is -0.444 e. The number of hydrogen-bond acceptors (Lipinski definition) is 7. The van der Waals surface area contributed by atoms with Crippen LogP contribution < -0.4 is 0 Å². The van der Waals surface area contributed by atoms with Gasteiger partial charge in [0.2, 0.25) is 5.95 Å². The molecule has 1 amide bonds. The van der Waals surface area contributed by atoms with Crippen LogP contribution in [0.2, 0.25) is 0 Å². The van der Waals surface area contributed by atoms with E-state index in [1.54, 1.807) is 26.8 Å². The minimum absolute atomic E-state index is 0.126. The van der Waals surface area contributed by atoms with Gasteiger partial charge in [-0.3, -0.25) is 0 Å². The molecule has 0 aromatic carbocycles. The highest BCUT2D eigenvalue weighted by atomic mass is 32.2. The van der Waals surface area contributed by atoms with Crippen molar-refractivity contribution in [3.05, 3.63) is 58.2 Å². The number of carbonyl (C=O) groups is 1. The Morgan fingerprint density at radius 1 is 1.33 bits per heavy atom. The van der Waals surface area contributed by atoms with Crippen molar-refractivity contribution in [1.82, 2.24) is 13.9 Å². The molecule has 0 fully saturated rings. The summed E-state index contributed by atoms with van der Waals surface area (Å²) in [5, 5.41) is 11.8. The lowest BCUT2D eigenvalue weighted by molar-refractivity contribution is 0.0284. The first-order chi connectivity index (χ1) is 15.4. The summed E-state index contributed by atoms with van der Waals surface area (Å²) >= 11 is 0.983. The van der Waals surface area contributed by atoms with E-state index in [4.69, 9.17) is 4.74 Å². The number of ether oxygens (including phenoxy) is 1. The highest BCUT2D eigenvalue weighted by molar-refractivity contribution is 7.90. The number of thiophene rings is 1.